The molecule has 0 N–H and O–H groups in total. The maximum atomic E-state index is 8.91. The molecule has 2 aromatic rings. The fourth-order valence-electron chi connectivity index (χ4n) is 1.54. The second-order valence-electron chi connectivity index (χ2n) is 3.01. The van der Waals surface area contributed by atoms with E-state index in [4.69, 9.17) is 5.26 Å². The molecule has 64 valence electrons. The maximum absolute atomic E-state index is 8.91. The summed E-state index contributed by atoms with van der Waals surface area (Å²) in [4.78, 5) is 4.30. The third-order valence-electron chi connectivity index (χ3n) is 2.14. The van der Waals surface area contributed by atoms with Crippen LogP contribution in [0.1, 0.15) is 17.1 Å². The molecule has 0 fully saturated rings. The summed E-state index contributed by atoms with van der Waals surface area (Å²) in [6.07, 6.45) is 1.88. The molecule has 0 saturated carbocycles. The first kappa shape index (κ1) is 7.81. The predicted molar refractivity (Wildman–Crippen MR) is 49.4 cm³/mol. The zero-order chi connectivity index (χ0) is 9.42. The van der Waals surface area contributed by atoms with Gasteiger partial charge in [-0.05, 0) is 26.0 Å². The molecule has 0 saturated heterocycles. The maximum Gasteiger partial charge on any atom is 0.146 e. The topological polar surface area (TPSA) is 41.1 Å². The van der Waals surface area contributed by atoms with Crippen molar-refractivity contribution in [2.75, 3.05) is 0 Å². The first-order valence-corrected chi connectivity index (χ1v) is 4.08. The molecule has 0 spiro atoms. The van der Waals surface area contributed by atoms with Gasteiger partial charge in [0.1, 0.15) is 11.8 Å². The summed E-state index contributed by atoms with van der Waals surface area (Å²) in [5.74, 6) is 0. The number of aromatic nitrogens is 2. The van der Waals surface area contributed by atoms with E-state index in [1.807, 2.05) is 36.6 Å². The van der Waals surface area contributed by atoms with Gasteiger partial charge >= 0.3 is 0 Å². The summed E-state index contributed by atoms with van der Waals surface area (Å²) >= 11 is 0. The Balaban J connectivity index is 2.99. The van der Waals surface area contributed by atoms with Gasteiger partial charge < -0.3 is 4.40 Å². The summed E-state index contributed by atoms with van der Waals surface area (Å²) < 4.78 is 1.87. The Morgan fingerprint density at radius 3 is 2.85 bits per heavy atom. The molecule has 0 bridgehead atoms. The largest absolute Gasteiger partial charge is 0.305 e. The van der Waals surface area contributed by atoms with Crippen LogP contribution in [0.4, 0.5) is 0 Å². The second kappa shape index (κ2) is 2.60. The molecule has 0 amide bonds. The van der Waals surface area contributed by atoms with Crippen molar-refractivity contribution in [1.29, 1.82) is 5.26 Å². The molecule has 13 heavy (non-hydrogen) atoms. The summed E-state index contributed by atoms with van der Waals surface area (Å²) in [7, 11) is 0. The zero-order valence-corrected chi connectivity index (χ0v) is 7.57. The minimum absolute atomic E-state index is 0.616. The summed E-state index contributed by atoms with van der Waals surface area (Å²) in [6, 6.07) is 6.03. The van der Waals surface area contributed by atoms with Crippen LogP contribution in [0, 0.1) is 25.2 Å². The number of nitrogens with zero attached hydrogens (tertiary/aromatic N) is 3. The van der Waals surface area contributed by atoms with Crippen molar-refractivity contribution < 1.29 is 0 Å². The van der Waals surface area contributed by atoms with Gasteiger partial charge in [0, 0.05) is 6.20 Å². The highest BCUT2D eigenvalue weighted by molar-refractivity contribution is 5.55. The van der Waals surface area contributed by atoms with Crippen LogP contribution in [-0.2, 0) is 0 Å². The Labute approximate surface area is 76.3 Å². The van der Waals surface area contributed by atoms with E-state index >= 15 is 0 Å². The number of aryl methyl sites for hydroxylation is 2. The summed E-state index contributed by atoms with van der Waals surface area (Å²) in [5, 5.41) is 8.91. The standard InChI is InChI=1S/C10H9N3/c1-7-9-4-3-5-13(9)10(6-11)8(2)12-7/h3-5H,1-2H3. The van der Waals surface area contributed by atoms with Crippen LogP contribution in [0.15, 0.2) is 18.3 Å². The molecule has 0 radical (unpaired) electrons. The fraction of sp³-hybridized carbons (Fsp3) is 0.200. The van der Waals surface area contributed by atoms with Crippen LogP contribution < -0.4 is 0 Å². The highest BCUT2D eigenvalue weighted by Crippen LogP contribution is 2.13. The fourth-order valence-corrected chi connectivity index (χ4v) is 1.54. The van der Waals surface area contributed by atoms with Crippen LogP contribution >= 0.6 is 0 Å². The van der Waals surface area contributed by atoms with Crippen molar-refractivity contribution in [1.82, 2.24) is 9.38 Å². The Morgan fingerprint density at radius 2 is 2.15 bits per heavy atom. The summed E-state index contributed by atoms with van der Waals surface area (Å²) in [5.41, 5.74) is 3.36. The van der Waals surface area contributed by atoms with Crippen molar-refractivity contribution in [3.63, 3.8) is 0 Å². The average molecular weight is 171 g/mol. The molecular formula is C10H9N3. The molecule has 0 unspecified atom stereocenters. The number of hydrogen-bond acceptors (Lipinski definition) is 2. The lowest BCUT2D eigenvalue weighted by molar-refractivity contribution is 1.01. The van der Waals surface area contributed by atoms with Crippen LogP contribution in [0.3, 0.4) is 0 Å². The minimum atomic E-state index is 0.616. The average Bonchev–Trinajstić information content (AvgIpc) is 2.53. The monoisotopic (exact) mass is 171 g/mol. The molecule has 3 nitrogen and oxygen atoms in total. The Bertz CT molecular complexity index is 503. The lowest BCUT2D eigenvalue weighted by Gasteiger charge is -2.04. The Morgan fingerprint density at radius 1 is 1.38 bits per heavy atom. The van der Waals surface area contributed by atoms with E-state index in [0.717, 1.165) is 16.9 Å². The van der Waals surface area contributed by atoms with Gasteiger partial charge in [-0.3, -0.25) is 4.98 Å². The smallest absolute Gasteiger partial charge is 0.146 e. The van der Waals surface area contributed by atoms with Gasteiger partial charge in [-0.25, -0.2) is 0 Å². The Hall–Kier alpha value is -1.82. The highest BCUT2D eigenvalue weighted by Gasteiger charge is 2.06. The molecule has 3 heteroatoms. The van der Waals surface area contributed by atoms with Gasteiger partial charge in [0.2, 0.25) is 0 Å². The normalized spacial score (nSPS) is 10.2. The van der Waals surface area contributed by atoms with Crippen LogP contribution in [0.5, 0.6) is 0 Å². The van der Waals surface area contributed by atoms with Crippen molar-refractivity contribution >= 4 is 5.52 Å². The van der Waals surface area contributed by atoms with E-state index in [0.29, 0.717) is 5.69 Å². The molecule has 0 aromatic carbocycles. The van der Waals surface area contributed by atoms with E-state index in [1.165, 1.54) is 0 Å². The number of rotatable bonds is 0. The van der Waals surface area contributed by atoms with Gasteiger partial charge in [0.25, 0.3) is 0 Å². The van der Waals surface area contributed by atoms with E-state index < -0.39 is 0 Å². The van der Waals surface area contributed by atoms with Crippen molar-refractivity contribution in [2.24, 2.45) is 0 Å². The van der Waals surface area contributed by atoms with Gasteiger partial charge in [-0.2, -0.15) is 5.26 Å². The molecule has 2 rings (SSSR count). The molecule has 0 atom stereocenters. The molecule has 0 aliphatic rings. The lowest BCUT2D eigenvalue weighted by Crippen LogP contribution is -2.00. The molecule has 2 aromatic heterocycles. The molecule has 2 heterocycles. The SMILES string of the molecule is Cc1nc(C)c2cccn2c1C#N. The van der Waals surface area contributed by atoms with Crippen LogP contribution in [0.2, 0.25) is 0 Å². The predicted octanol–water partition coefficient (Wildman–Crippen LogP) is 1.82. The van der Waals surface area contributed by atoms with E-state index in [1.54, 1.807) is 0 Å². The first-order chi connectivity index (χ1) is 6.24. The minimum Gasteiger partial charge on any atom is -0.305 e. The van der Waals surface area contributed by atoms with Crippen LogP contribution in [0.25, 0.3) is 5.52 Å². The lowest BCUT2D eigenvalue weighted by atomic mass is 10.3. The van der Waals surface area contributed by atoms with Crippen molar-refractivity contribution in [3.05, 3.63) is 35.4 Å². The molecular weight excluding hydrogens is 162 g/mol. The number of fused-ring (bicyclic) bond motifs is 1. The van der Waals surface area contributed by atoms with Crippen molar-refractivity contribution in [3.8, 4) is 6.07 Å². The third kappa shape index (κ3) is 0.994. The molecule has 0 aliphatic heterocycles. The second-order valence-corrected chi connectivity index (χ2v) is 3.01. The van der Waals surface area contributed by atoms with E-state index in [2.05, 4.69) is 11.1 Å². The third-order valence-corrected chi connectivity index (χ3v) is 2.14. The van der Waals surface area contributed by atoms with Crippen LogP contribution in [-0.4, -0.2) is 9.38 Å². The van der Waals surface area contributed by atoms with Gasteiger partial charge in [-0.1, -0.05) is 0 Å². The van der Waals surface area contributed by atoms with Gasteiger partial charge in [0.15, 0.2) is 0 Å². The number of hydrogen-bond donors (Lipinski definition) is 0. The Kier molecular flexibility index (Phi) is 1.56. The first-order valence-electron chi connectivity index (χ1n) is 4.08. The van der Waals surface area contributed by atoms with Gasteiger partial charge in [-0.15, -0.1) is 0 Å². The van der Waals surface area contributed by atoms with E-state index in [9.17, 15) is 0 Å². The number of nitriles is 1. The van der Waals surface area contributed by atoms with Crippen molar-refractivity contribution in [2.45, 2.75) is 13.8 Å². The zero-order valence-electron chi connectivity index (χ0n) is 7.57. The highest BCUT2D eigenvalue weighted by atomic mass is 14.9. The summed E-state index contributed by atoms with van der Waals surface area (Å²) in [6.45, 7) is 3.80. The van der Waals surface area contributed by atoms with E-state index in [-0.39, 0.29) is 0 Å². The quantitative estimate of drug-likeness (QED) is 0.606. The molecule has 0 aliphatic carbocycles. The van der Waals surface area contributed by atoms with Gasteiger partial charge in [0.05, 0.1) is 16.9 Å².